The van der Waals surface area contributed by atoms with E-state index in [0.29, 0.717) is 17.7 Å². The third kappa shape index (κ3) is 4.48. The van der Waals surface area contributed by atoms with E-state index >= 15 is 0 Å². The van der Waals surface area contributed by atoms with Crippen molar-refractivity contribution in [2.75, 3.05) is 13.1 Å². The van der Waals surface area contributed by atoms with E-state index in [1.807, 2.05) is 6.92 Å². The Kier molecular flexibility index (Phi) is 4.84. The molecule has 0 heterocycles. The Morgan fingerprint density at radius 3 is 2.00 bits per heavy atom. The SMILES string of the molecule is CCN(CC(C)(C)O)C(=O)c1ccc(C(C)=O)cc1. The minimum Gasteiger partial charge on any atom is -0.389 e. The number of carbonyl (C=O) groups excluding carboxylic acids is 2. The van der Waals surface area contributed by atoms with Gasteiger partial charge in [0.15, 0.2) is 5.78 Å². The van der Waals surface area contributed by atoms with Crippen molar-refractivity contribution in [2.24, 2.45) is 0 Å². The molecule has 0 fully saturated rings. The normalized spacial score (nSPS) is 11.2. The maximum Gasteiger partial charge on any atom is 0.253 e. The fraction of sp³-hybridized carbons (Fsp3) is 0.467. The number of rotatable bonds is 5. The molecule has 0 spiro atoms. The van der Waals surface area contributed by atoms with Gasteiger partial charge in [0.2, 0.25) is 0 Å². The van der Waals surface area contributed by atoms with Crippen molar-refractivity contribution in [1.82, 2.24) is 4.90 Å². The van der Waals surface area contributed by atoms with Crippen LogP contribution in [0.3, 0.4) is 0 Å². The average Bonchev–Trinajstić information content (AvgIpc) is 2.34. The first-order chi connectivity index (χ1) is 8.74. The predicted molar refractivity (Wildman–Crippen MR) is 74.3 cm³/mol. The van der Waals surface area contributed by atoms with Crippen LogP contribution in [-0.4, -0.2) is 40.4 Å². The number of ketones is 1. The van der Waals surface area contributed by atoms with Crippen molar-refractivity contribution in [3.63, 3.8) is 0 Å². The van der Waals surface area contributed by atoms with Crippen molar-refractivity contribution in [3.05, 3.63) is 35.4 Å². The molecule has 1 amide bonds. The average molecular weight is 263 g/mol. The number of carbonyl (C=O) groups is 2. The molecule has 1 N–H and O–H groups in total. The van der Waals surface area contributed by atoms with Gasteiger partial charge in [0.25, 0.3) is 5.91 Å². The highest BCUT2D eigenvalue weighted by Gasteiger charge is 2.22. The molecule has 104 valence electrons. The zero-order valence-electron chi connectivity index (χ0n) is 11.9. The maximum absolute atomic E-state index is 12.3. The largest absolute Gasteiger partial charge is 0.389 e. The monoisotopic (exact) mass is 263 g/mol. The summed E-state index contributed by atoms with van der Waals surface area (Å²) in [6.07, 6.45) is 0. The Morgan fingerprint density at radius 1 is 1.16 bits per heavy atom. The first-order valence-electron chi connectivity index (χ1n) is 6.37. The standard InChI is InChI=1S/C15H21NO3/c1-5-16(10-15(3,4)19)14(18)13-8-6-12(7-9-13)11(2)17/h6-9,19H,5,10H2,1-4H3. The number of benzene rings is 1. The zero-order valence-corrected chi connectivity index (χ0v) is 11.9. The molecule has 19 heavy (non-hydrogen) atoms. The molecule has 0 aliphatic rings. The molecule has 4 heteroatoms. The van der Waals surface area contributed by atoms with Crippen LogP contribution in [0.1, 0.15) is 48.4 Å². The van der Waals surface area contributed by atoms with Gasteiger partial charge in [-0.15, -0.1) is 0 Å². The van der Waals surface area contributed by atoms with Crippen LogP contribution in [0.15, 0.2) is 24.3 Å². The van der Waals surface area contributed by atoms with E-state index in [4.69, 9.17) is 0 Å². The summed E-state index contributed by atoms with van der Waals surface area (Å²) in [5.41, 5.74) is 0.184. The molecule has 0 aliphatic carbocycles. The molecule has 0 aromatic heterocycles. The van der Waals surface area contributed by atoms with Gasteiger partial charge >= 0.3 is 0 Å². The van der Waals surface area contributed by atoms with Crippen LogP contribution in [0.4, 0.5) is 0 Å². The van der Waals surface area contributed by atoms with Crippen LogP contribution in [0.2, 0.25) is 0 Å². The van der Waals surface area contributed by atoms with Gasteiger partial charge in [-0.05, 0) is 39.8 Å². The quantitative estimate of drug-likeness (QED) is 0.828. The van der Waals surface area contributed by atoms with E-state index in [2.05, 4.69) is 0 Å². The van der Waals surface area contributed by atoms with E-state index in [-0.39, 0.29) is 18.2 Å². The van der Waals surface area contributed by atoms with Crippen LogP contribution in [0.25, 0.3) is 0 Å². The van der Waals surface area contributed by atoms with E-state index in [1.54, 1.807) is 43.0 Å². The van der Waals surface area contributed by atoms with Crippen molar-refractivity contribution < 1.29 is 14.7 Å². The second-order valence-electron chi connectivity index (χ2n) is 5.27. The fourth-order valence-electron chi connectivity index (χ4n) is 1.82. The first kappa shape index (κ1) is 15.4. The van der Waals surface area contributed by atoms with Crippen LogP contribution in [0.5, 0.6) is 0 Å². The Labute approximate surface area is 114 Å². The Balaban J connectivity index is 2.88. The molecule has 0 radical (unpaired) electrons. The van der Waals surface area contributed by atoms with Crippen LogP contribution in [-0.2, 0) is 0 Å². The van der Waals surface area contributed by atoms with Crippen LogP contribution >= 0.6 is 0 Å². The molecule has 0 saturated carbocycles. The summed E-state index contributed by atoms with van der Waals surface area (Å²) in [6.45, 7) is 7.49. The van der Waals surface area contributed by atoms with E-state index in [0.717, 1.165) is 0 Å². The highest BCUT2D eigenvalue weighted by atomic mass is 16.3. The topological polar surface area (TPSA) is 57.6 Å². The number of aliphatic hydroxyl groups is 1. The summed E-state index contributed by atoms with van der Waals surface area (Å²) < 4.78 is 0. The molecule has 0 bridgehead atoms. The van der Waals surface area contributed by atoms with Gasteiger partial charge in [-0.2, -0.15) is 0 Å². The predicted octanol–water partition coefficient (Wildman–Crippen LogP) is 2.12. The number of likely N-dealkylation sites (N-methyl/N-ethyl adjacent to an activating group) is 1. The van der Waals surface area contributed by atoms with Gasteiger partial charge < -0.3 is 10.0 Å². The van der Waals surface area contributed by atoms with Crippen LogP contribution in [0, 0.1) is 0 Å². The maximum atomic E-state index is 12.3. The molecule has 1 aromatic carbocycles. The third-order valence-corrected chi connectivity index (χ3v) is 2.79. The second kappa shape index (κ2) is 5.97. The number of amides is 1. The summed E-state index contributed by atoms with van der Waals surface area (Å²) in [4.78, 5) is 25.0. The van der Waals surface area contributed by atoms with Crippen LogP contribution < -0.4 is 0 Å². The van der Waals surface area contributed by atoms with Crippen molar-refractivity contribution in [1.29, 1.82) is 0 Å². The lowest BCUT2D eigenvalue weighted by Gasteiger charge is -2.28. The summed E-state index contributed by atoms with van der Waals surface area (Å²) in [5.74, 6) is -0.164. The molecule has 0 aliphatic heterocycles. The Morgan fingerprint density at radius 2 is 1.63 bits per heavy atom. The molecule has 1 aromatic rings. The fourth-order valence-corrected chi connectivity index (χ4v) is 1.82. The second-order valence-corrected chi connectivity index (χ2v) is 5.27. The Hall–Kier alpha value is -1.68. The first-order valence-corrected chi connectivity index (χ1v) is 6.37. The number of Topliss-reactive ketones (excluding diaryl/α,β-unsaturated/α-hetero) is 1. The number of hydrogen-bond donors (Lipinski definition) is 1. The number of hydrogen-bond acceptors (Lipinski definition) is 3. The summed E-state index contributed by atoms with van der Waals surface area (Å²) >= 11 is 0. The van der Waals surface area contributed by atoms with Gasteiger partial charge in [-0.1, -0.05) is 12.1 Å². The third-order valence-electron chi connectivity index (χ3n) is 2.79. The van der Waals surface area contributed by atoms with Crippen molar-refractivity contribution >= 4 is 11.7 Å². The lowest BCUT2D eigenvalue weighted by Crippen LogP contribution is -2.42. The molecular formula is C15H21NO3. The van der Waals surface area contributed by atoms with Crippen molar-refractivity contribution in [2.45, 2.75) is 33.3 Å². The summed E-state index contributed by atoms with van der Waals surface area (Å²) in [6, 6.07) is 6.58. The van der Waals surface area contributed by atoms with Gasteiger partial charge in [0.05, 0.1) is 5.60 Å². The minimum absolute atomic E-state index is 0.0251. The van der Waals surface area contributed by atoms with E-state index < -0.39 is 5.60 Å². The highest BCUT2D eigenvalue weighted by Crippen LogP contribution is 2.11. The van der Waals surface area contributed by atoms with E-state index in [9.17, 15) is 14.7 Å². The molecule has 0 atom stereocenters. The van der Waals surface area contributed by atoms with Gasteiger partial charge in [0.1, 0.15) is 0 Å². The van der Waals surface area contributed by atoms with Crippen molar-refractivity contribution in [3.8, 4) is 0 Å². The molecular weight excluding hydrogens is 242 g/mol. The molecule has 0 saturated heterocycles. The lowest BCUT2D eigenvalue weighted by molar-refractivity contribution is 0.0314. The molecule has 4 nitrogen and oxygen atoms in total. The van der Waals surface area contributed by atoms with Gasteiger partial charge in [0, 0.05) is 24.2 Å². The van der Waals surface area contributed by atoms with Gasteiger partial charge in [-0.25, -0.2) is 0 Å². The number of nitrogens with zero attached hydrogens (tertiary/aromatic N) is 1. The zero-order chi connectivity index (χ0) is 14.6. The molecule has 1 rings (SSSR count). The summed E-state index contributed by atoms with van der Waals surface area (Å²) in [5, 5.41) is 9.79. The van der Waals surface area contributed by atoms with E-state index in [1.165, 1.54) is 6.92 Å². The smallest absolute Gasteiger partial charge is 0.253 e. The molecule has 0 unspecified atom stereocenters. The highest BCUT2D eigenvalue weighted by molar-refractivity contribution is 5.97. The minimum atomic E-state index is -0.926. The van der Waals surface area contributed by atoms with Gasteiger partial charge in [-0.3, -0.25) is 9.59 Å². The Bertz CT molecular complexity index is 457. The summed E-state index contributed by atoms with van der Waals surface area (Å²) in [7, 11) is 0. The lowest BCUT2D eigenvalue weighted by atomic mass is 10.1.